The van der Waals surface area contributed by atoms with Gasteiger partial charge in [0.25, 0.3) is 5.91 Å². The van der Waals surface area contributed by atoms with Crippen molar-refractivity contribution in [1.29, 1.82) is 0 Å². The molecule has 2 aromatic rings. The lowest BCUT2D eigenvalue weighted by atomic mass is 10.1. The Morgan fingerprint density at radius 3 is 2.79 bits per heavy atom. The minimum Gasteiger partial charge on any atom is -0.376 e. The van der Waals surface area contributed by atoms with Gasteiger partial charge in [-0.1, -0.05) is 6.07 Å². The van der Waals surface area contributed by atoms with Crippen LogP contribution in [0.3, 0.4) is 0 Å². The quantitative estimate of drug-likeness (QED) is 0.752. The average Bonchev–Trinajstić information content (AvgIpc) is 3.15. The Bertz CT molecular complexity index is 655. The molecule has 1 fully saturated rings. The van der Waals surface area contributed by atoms with Crippen LogP contribution in [-0.4, -0.2) is 41.3 Å². The number of ether oxygens (including phenoxy) is 1. The summed E-state index contributed by atoms with van der Waals surface area (Å²) in [5.41, 5.74) is 1.75. The molecular weight excluding hydrogens is 320 g/mol. The molecule has 1 aromatic carbocycles. The number of thioether (sulfide) groups is 1. The molecule has 3 rings (SSSR count). The van der Waals surface area contributed by atoms with E-state index in [0.29, 0.717) is 13.1 Å². The van der Waals surface area contributed by atoms with Gasteiger partial charge in [0.2, 0.25) is 0 Å². The van der Waals surface area contributed by atoms with Gasteiger partial charge in [0, 0.05) is 42.5 Å². The monoisotopic (exact) mass is 342 g/mol. The first kappa shape index (κ1) is 17.0. The third-order valence-corrected chi connectivity index (χ3v) is 4.91. The Hall–Kier alpha value is -1.85. The van der Waals surface area contributed by atoms with Crippen LogP contribution in [0.15, 0.2) is 53.7 Å². The zero-order valence-electron chi connectivity index (χ0n) is 13.9. The predicted octanol–water partition coefficient (Wildman–Crippen LogP) is 3.62. The minimum absolute atomic E-state index is 0.0435. The smallest absolute Gasteiger partial charge is 0.254 e. The summed E-state index contributed by atoms with van der Waals surface area (Å²) in [5.74, 6) is 0.0435. The van der Waals surface area contributed by atoms with Crippen molar-refractivity contribution in [3.05, 3.63) is 59.9 Å². The van der Waals surface area contributed by atoms with Gasteiger partial charge in [-0.2, -0.15) is 0 Å². The highest BCUT2D eigenvalue weighted by Gasteiger charge is 2.23. The van der Waals surface area contributed by atoms with Gasteiger partial charge in [-0.25, -0.2) is 0 Å². The molecule has 0 aliphatic carbocycles. The van der Waals surface area contributed by atoms with Crippen molar-refractivity contribution >= 4 is 17.7 Å². The first-order valence-corrected chi connectivity index (χ1v) is 9.42. The average molecular weight is 342 g/mol. The van der Waals surface area contributed by atoms with E-state index < -0.39 is 0 Å². The Labute approximate surface area is 147 Å². The van der Waals surface area contributed by atoms with E-state index in [1.54, 1.807) is 18.0 Å². The zero-order chi connectivity index (χ0) is 16.8. The molecule has 0 N–H and O–H groups in total. The van der Waals surface area contributed by atoms with Crippen LogP contribution < -0.4 is 0 Å². The summed E-state index contributed by atoms with van der Waals surface area (Å²) in [6, 6.07) is 11.7. The maximum Gasteiger partial charge on any atom is 0.254 e. The fourth-order valence-corrected chi connectivity index (χ4v) is 3.29. The summed E-state index contributed by atoms with van der Waals surface area (Å²) < 4.78 is 5.73. The number of hydrogen-bond donors (Lipinski definition) is 0. The Morgan fingerprint density at radius 1 is 1.33 bits per heavy atom. The van der Waals surface area contributed by atoms with E-state index in [2.05, 4.69) is 4.98 Å². The van der Waals surface area contributed by atoms with Gasteiger partial charge in [-0.15, -0.1) is 11.8 Å². The number of hydrogen-bond acceptors (Lipinski definition) is 4. The maximum absolute atomic E-state index is 13.0. The number of pyridine rings is 1. The Kier molecular flexibility index (Phi) is 5.88. The highest BCUT2D eigenvalue weighted by molar-refractivity contribution is 7.98. The summed E-state index contributed by atoms with van der Waals surface area (Å²) in [5, 5.41) is 0. The highest BCUT2D eigenvalue weighted by atomic mass is 32.2. The van der Waals surface area contributed by atoms with Crippen molar-refractivity contribution in [2.24, 2.45) is 0 Å². The third kappa shape index (κ3) is 4.36. The van der Waals surface area contributed by atoms with Crippen molar-refractivity contribution in [2.45, 2.75) is 30.4 Å². The lowest BCUT2D eigenvalue weighted by Gasteiger charge is -2.25. The zero-order valence-corrected chi connectivity index (χ0v) is 14.7. The van der Waals surface area contributed by atoms with E-state index in [1.165, 1.54) is 0 Å². The third-order valence-electron chi connectivity index (χ3n) is 4.17. The number of rotatable bonds is 6. The van der Waals surface area contributed by atoms with Crippen molar-refractivity contribution < 1.29 is 9.53 Å². The predicted molar refractivity (Wildman–Crippen MR) is 96.2 cm³/mol. The molecule has 5 heteroatoms. The summed E-state index contributed by atoms with van der Waals surface area (Å²) in [6.07, 6.45) is 7.81. The molecule has 1 atom stereocenters. The topological polar surface area (TPSA) is 42.4 Å². The molecule has 1 saturated heterocycles. The molecule has 0 spiro atoms. The molecule has 2 heterocycles. The van der Waals surface area contributed by atoms with E-state index in [1.807, 2.05) is 53.8 Å². The first-order chi connectivity index (χ1) is 11.8. The fourth-order valence-electron chi connectivity index (χ4n) is 2.88. The van der Waals surface area contributed by atoms with Crippen LogP contribution >= 0.6 is 11.8 Å². The van der Waals surface area contributed by atoms with Gasteiger partial charge < -0.3 is 9.64 Å². The van der Waals surface area contributed by atoms with Gasteiger partial charge >= 0.3 is 0 Å². The number of aromatic nitrogens is 1. The van der Waals surface area contributed by atoms with Crippen LogP contribution in [0.25, 0.3) is 0 Å². The largest absolute Gasteiger partial charge is 0.376 e. The highest BCUT2D eigenvalue weighted by Crippen LogP contribution is 2.19. The summed E-state index contributed by atoms with van der Waals surface area (Å²) >= 11 is 1.67. The standard InChI is InChI=1S/C19H22N2O2S/c1-24-18-8-6-16(7-9-18)19(22)21(14-17-5-3-11-23-17)13-15-4-2-10-20-12-15/h2,4,6-10,12,17H,3,5,11,13-14H2,1H3. The van der Waals surface area contributed by atoms with Crippen LogP contribution in [0.2, 0.25) is 0 Å². The van der Waals surface area contributed by atoms with Gasteiger partial charge in [0.15, 0.2) is 0 Å². The second-order valence-electron chi connectivity index (χ2n) is 5.91. The van der Waals surface area contributed by atoms with Crippen molar-refractivity contribution in [3.8, 4) is 0 Å². The molecule has 0 radical (unpaired) electrons. The molecule has 1 unspecified atom stereocenters. The maximum atomic E-state index is 13.0. The van der Waals surface area contributed by atoms with E-state index in [0.717, 1.165) is 35.5 Å². The van der Waals surface area contributed by atoms with Crippen LogP contribution in [-0.2, 0) is 11.3 Å². The van der Waals surface area contributed by atoms with Gasteiger partial charge in [0.05, 0.1) is 6.10 Å². The number of amides is 1. The number of carbonyl (C=O) groups excluding carboxylic acids is 1. The first-order valence-electron chi connectivity index (χ1n) is 8.20. The van der Waals surface area contributed by atoms with Crippen LogP contribution in [0.4, 0.5) is 0 Å². The van der Waals surface area contributed by atoms with Crippen LogP contribution in [0.5, 0.6) is 0 Å². The van der Waals surface area contributed by atoms with Crippen LogP contribution in [0.1, 0.15) is 28.8 Å². The Balaban J connectivity index is 1.77. The second-order valence-corrected chi connectivity index (χ2v) is 6.79. The lowest BCUT2D eigenvalue weighted by molar-refractivity contribution is 0.0507. The summed E-state index contributed by atoms with van der Waals surface area (Å²) in [6.45, 7) is 1.97. The molecule has 24 heavy (non-hydrogen) atoms. The van der Waals surface area contributed by atoms with Crippen molar-refractivity contribution in [3.63, 3.8) is 0 Å². The molecule has 1 aliphatic rings. The normalized spacial score (nSPS) is 17.0. The van der Waals surface area contributed by atoms with Crippen LogP contribution in [0, 0.1) is 0 Å². The van der Waals surface area contributed by atoms with Crippen molar-refractivity contribution in [1.82, 2.24) is 9.88 Å². The summed E-state index contributed by atoms with van der Waals surface area (Å²) in [7, 11) is 0. The number of nitrogens with zero attached hydrogens (tertiary/aromatic N) is 2. The van der Waals surface area contributed by atoms with Gasteiger partial charge in [-0.05, 0) is 55.0 Å². The SMILES string of the molecule is CSc1ccc(C(=O)N(Cc2cccnc2)CC2CCCO2)cc1. The molecule has 1 amide bonds. The van der Waals surface area contributed by atoms with E-state index in [4.69, 9.17) is 4.74 Å². The molecule has 4 nitrogen and oxygen atoms in total. The molecule has 0 saturated carbocycles. The second kappa shape index (κ2) is 8.31. The Morgan fingerprint density at radius 2 is 2.17 bits per heavy atom. The molecule has 1 aromatic heterocycles. The van der Waals surface area contributed by atoms with E-state index >= 15 is 0 Å². The number of carbonyl (C=O) groups is 1. The molecular formula is C19H22N2O2S. The minimum atomic E-state index is 0.0435. The van der Waals surface area contributed by atoms with Gasteiger partial charge in [-0.3, -0.25) is 9.78 Å². The van der Waals surface area contributed by atoms with Gasteiger partial charge in [0.1, 0.15) is 0 Å². The molecule has 1 aliphatic heterocycles. The van der Waals surface area contributed by atoms with E-state index in [9.17, 15) is 4.79 Å². The molecule has 126 valence electrons. The van der Waals surface area contributed by atoms with Crippen molar-refractivity contribution in [2.75, 3.05) is 19.4 Å². The fraction of sp³-hybridized carbons (Fsp3) is 0.368. The molecule has 0 bridgehead atoms. The van der Waals surface area contributed by atoms with E-state index in [-0.39, 0.29) is 12.0 Å². The number of benzene rings is 1. The summed E-state index contributed by atoms with van der Waals surface area (Å²) in [4.78, 5) is 20.2. The lowest BCUT2D eigenvalue weighted by Crippen LogP contribution is -2.37.